The van der Waals surface area contributed by atoms with Crippen LogP contribution in [-0.2, 0) is 4.79 Å². The number of pyridine rings is 1. The minimum atomic E-state index is -0.0732. The molecule has 0 atom stereocenters. The molecule has 7 nitrogen and oxygen atoms in total. The van der Waals surface area contributed by atoms with E-state index in [9.17, 15) is 9.59 Å². The average molecular weight is 347 g/mol. The van der Waals surface area contributed by atoms with E-state index < -0.39 is 0 Å². The van der Waals surface area contributed by atoms with Crippen LogP contribution in [0, 0.1) is 5.92 Å². The molecule has 1 aliphatic rings. The number of hydrogen-bond donors (Lipinski definition) is 1. The molecule has 3 amide bonds. The maximum Gasteiger partial charge on any atom is 0.319 e. The summed E-state index contributed by atoms with van der Waals surface area (Å²) in [6, 6.07) is 3.75. The molecule has 0 unspecified atom stereocenters. The van der Waals surface area contributed by atoms with Crippen LogP contribution in [-0.4, -0.2) is 67.0 Å². The van der Waals surface area contributed by atoms with Gasteiger partial charge in [-0.3, -0.25) is 4.79 Å². The van der Waals surface area contributed by atoms with Crippen LogP contribution in [0.25, 0.3) is 0 Å². The van der Waals surface area contributed by atoms with Crippen molar-refractivity contribution < 1.29 is 9.59 Å². The summed E-state index contributed by atoms with van der Waals surface area (Å²) in [6.07, 6.45) is 3.09. The van der Waals surface area contributed by atoms with E-state index in [1.165, 1.54) is 0 Å². The molecular formula is C18H29N5O2. The first kappa shape index (κ1) is 19.0. The number of nitrogens with one attached hydrogen (secondary N) is 1. The van der Waals surface area contributed by atoms with Crippen LogP contribution in [0.3, 0.4) is 0 Å². The number of amides is 3. The average Bonchev–Trinajstić information content (AvgIpc) is 2.63. The van der Waals surface area contributed by atoms with Gasteiger partial charge < -0.3 is 20.0 Å². The largest absolute Gasteiger partial charge is 0.361 e. The molecule has 0 radical (unpaired) electrons. The summed E-state index contributed by atoms with van der Waals surface area (Å²) in [5, 5.41) is 2.99. The molecule has 2 rings (SSSR count). The molecule has 0 aromatic carbocycles. The van der Waals surface area contributed by atoms with Gasteiger partial charge in [0.15, 0.2) is 5.82 Å². The number of rotatable bonds is 5. The van der Waals surface area contributed by atoms with E-state index in [0.717, 1.165) is 11.5 Å². The number of aromatic nitrogens is 1. The normalized spacial score (nSPS) is 15.0. The molecule has 2 heterocycles. The Morgan fingerprint density at radius 2 is 1.88 bits per heavy atom. The second-order valence-corrected chi connectivity index (χ2v) is 6.47. The van der Waals surface area contributed by atoms with Crippen molar-refractivity contribution in [3.05, 3.63) is 18.3 Å². The highest BCUT2D eigenvalue weighted by atomic mass is 16.2. The molecule has 7 heteroatoms. The Bertz CT molecular complexity index is 593. The third-order valence-electron chi connectivity index (χ3n) is 4.64. The first-order valence-corrected chi connectivity index (χ1v) is 8.94. The SMILES string of the molecule is CCN(CC)C(=O)N1CCC(C(=O)Nc2cccnc2N(C)C)CC1. The van der Waals surface area contributed by atoms with Crippen molar-refractivity contribution in [2.45, 2.75) is 26.7 Å². The zero-order chi connectivity index (χ0) is 18.4. The zero-order valence-corrected chi connectivity index (χ0v) is 15.7. The van der Waals surface area contributed by atoms with Gasteiger partial charge in [-0.25, -0.2) is 9.78 Å². The minimum absolute atomic E-state index is 0.00559. The third kappa shape index (κ3) is 4.61. The summed E-state index contributed by atoms with van der Waals surface area (Å²) in [6.45, 7) is 6.64. The molecule has 1 N–H and O–H groups in total. The predicted molar refractivity (Wildman–Crippen MR) is 99.8 cm³/mol. The number of nitrogens with zero attached hydrogens (tertiary/aromatic N) is 4. The van der Waals surface area contributed by atoms with E-state index in [1.807, 2.05) is 54.8 Å². The fourth-order valence-corrected chi connectivity index (χ4v) is 3.11. The Hall–Kier alpha value is -2.31. The van der Waals surface area contributed by atoms with Crippen molar-refractivity contribution in [3.8, 4) is 0 Å². The molecule has 138 valence electrons. The molecule has 0 saturated carbocycles. The Morgan fingerprint density at radius 3 is 2.44 bits per heavy atom. The van der Waals surface area contributed by atoms with Crippen LogP contribution in [0.5, 0.6) is 0 Å². The molecule has 0 aliphatic carbocycles. The van der Waals surface area contributed by atoms with Crippen LogP contribution in [0.1, 0.15) is 26.7 Å². The Kier molecular flexibility index (Phi) is 6.61. The zero-order valence-electron chi connectivity index (χ0n) is 15.7. The number of urea groups is 1. The molecule has 1 aromatic rings. The number of anilines is 2. The Labute approximate surface area is 150 Å². The third-order valence-corrected chi connectivity index (χ3v) is 4.64. The van der Waals surface area contributed by atoms with E-state index in [2.05, 4.69) is 10.3 Å². The highest BCUT2D eigenvalue weighted by molar-refractivity contribution is 5.95. The van der Waals surface area contributed by atoms with E-state index in [-0.39, 0.29) is 17.9 Å². The van der Waals surface area contributed by atoms with Gasteiger partial charge in [-0.1, -0.05) is 0 Å². The standard InChI is InChI=1S/C18H29N5O2/c1-5-22(6-2)18(25)23-12-9-14(10-13-23)17(24)20-15-8-7-11-19-16(15)21(3)4/h7-8,11,14H,5-6,9-10,12-13H2,1-4H3,(H,20,24). The van der Waals surface area contributed by atoms with Gasteiger partial charge in [0.05, 0.1) is 5.69 Å². The van der Waals surface area contributed by atoms with Crippen LogP contribution in [0.2, 0.25) is 0 Å². The Morgan fingerprint density at radius 1 is 1.24 bits per heavy atom. The van der Waals surface area contributed by atoms with E-state index in [4.69, 9.17) is 0 Å². The van der Waals surface area contributed by atoms with Gasteiger partial charge in [-0.2, -0.15) is 0 Å². The number of likely N-dealkylation sites (tertiary alicyclic amines) is 1. The maximum atomic E-state index is 12.6. The molecule has 0 bridgehead atoms. The number of piperidine rings is 1. The molecular weight excluding hydrogens is 318 g/mol. The molecule has 0 spiro atoms. The Balaban J connectivity index is 1.93. The lowest BCUT2D eigenvalue weighted by atomic mass is 9.96. The minimum Gasteiger partial charge on any atom is -0.361 e. The summed E-state index contributed by atoms with van der Waals surface area (Å²) < 4.78 is 0. The molecule has 1 fully saturated rings. The first-order valence-electron chi connectivity index (χ1n) is 8.94. The van der Waals surface area contributed by atoms with Crippen molar-refractivity contribution in [1.82, 2.24) is 14.8 Å². The van der Waals surface area contributed by atoms with Gasteiger partial charge in [0.1, 0.15) is 0 Å². The first-order chi connectivity index (χ1) is 12.0. The molecule has 1 aliphatic heterocycles. The van der Waals surface area contributed by atoms with Gasteiger partial charge in [0.25, 0.3) is 0 Å². The van der Waals surface area contributed by atoms with Crippen LogP contribution in [0.4, 0.5) is 16.3 Å². The van der Waals surface area contributed by atoms with Crippen LogP contribution >= 0.6 is 0 Å². The fraction of sp³-hybridized carbons (Fsp3) is 0.611. The van der Waals surface area contributed by atoms with Crippen molar-refractivity contribution in [2.75, 3.05) is 50.5 Å². The predicted octanol–water partition coefficient (Wildman–Crippen LogP) is 2.26. The van der Waals surface area contributed by atoms with E-state index >= 15 is 0 Å². The number of carbonyl (C=O) groups is 2. The van der Waals surface area contributed by atoms with Gasteiger partial charge in [-0.15, -0.1) is 0 Å². The van der Waals surface area contributed by atoms with Gasteiger partial charge in [0, 0.05) is 52.4 Å². The summed E-state index contributed by atoms with van der Waals surface area (Å²) in [7, 11) is 3.80. The van der Waals surface area contributed by atoms with Crippen LogP contribution in [0.15, 0.2) is 18.3 Å². The van der Waals surface area contributed by atoms with Gasteiger partial charge in [0.2, 0.25) is 5.91 Å². The van der Waals surface area contributed by atoms with E-state index in [0.29, 0.717) is 39.0 Å². The fourth-order valence-electron chi connectivity index (χ4n) is 3.11. The topological polar surface area (TPSA) is 68.8 Å². The highest BCUT2D eigenvalue weighted by Gasteiger charge is 2.29. The molecule has 1 aromatic heterocycles. The van der Waals surface area contributed by atoms with Gasteiger partial charge >= 0.3 is 6.03 Å². The van der Waals surface area contributed by atoms with E-state index in [1.54, 1.807) is 6.20 Å². The molecule has 25 heavy (non-hydrogen) atoms. The van der Waals surface area contributed by atoms with Crippen molar-refractivity contribution in [2.24, 2.45) is 5.92 Å². The monoisotopic (exact) mass is 347 g/mol. The van der Waals surface area contributed by atoms with Crippen LogP contribution < -0.4 is 10.2 Å². The quantitative estimate of drug-likeness (QED) is 0.887. The number of carbonyl (C=O) groups excluding carboxylic acids is 2. The molecule has 1 saturated heterocycles. The summed E-state index contributed by atoms with van der Waals surface area (Å²) in [4.78, 5) is 34.8. The lowest BCUT2D eigenvalue weighted by Crippen LogP contribution is -2.47. The second-order valence-electron chi connectivity index (χ2n) is 6.47. The van der Waals surface area contributed by atoms with Crippen molar-refractivity contribution in [1.29, 1.82) is 0 Å². The highest BCUT2D eigenvalue weighted by Crippen LogP contribution is 2.24. The summed E-state index contributed by atoms with van der Waals surface area (Å²) >= 11 is 0. The smallest absolute Gasteiger partial charge is 0.319 e. The number of hydrogen-bond acceptors (Lipinski definition) is 4. The van der Waals surface area contributed by atoms with Crippen molar-refractivity contribution >= 4 is 23.4 Å². The lowest BCUT2D eigenvalue weighted by Gasteiger charge is -2.34. The maximum absolute atomic E-state index is 12.6. The second kappa shape index (κ2) is 8.69. The van der Waals surface area contributed by atoms with Crippen molar-refractivity contribution in [3.63, 3.8) is 0 Å². The summed E-state index contributed by atoms with van der Waals surface area (Å²) in [5.41, 5.74) is 0.721. The van der Waals surface area contributed by atoms with Gasteiger partial charge in [-0.05, 0) is 38.8 Å². The summed E-state index contributed by atoms with van der Waals surface area (Å²) in [5.74, 6) is 0.673. The lowest BCUT2D eigenvalue weighted by molar-refractivity contribution is -0.121.